The summed E-state index contributed by atoms with van der Waals surface area (Å²) in [6.07, 6.45) is 6.79. The van der Waals surface area contributed by atoms with E-state index in [1.807, 2.05) is 19.9 Å². The van der Waals surface area contributed by atoms with Crippen molar-refractivity contribution in [3.8, 4) is 11.5 Å². The van der Waals surface area contributed by atoms with Crippen molar-refractivity contribution in [3.63, 3.8) is 0 Å². The molecule has 30 heavy (non-hydrogen) atoms. The molecule has 0 saturated carbocycles. The largest absolute Gasteiger partial charge is 0.487 e. The molecule has 0 amide bonds. The molecule has 5 heteroatoms. The van der Waals surface area contributed by atoms with Crippen molar-refractivity contribution in [2.75, 3.05) is 6.61 Å². The lowest BCUT2D eigenvalue weighted by atomic mass is 10.1. The lowest BCUT2D eigenvalue weighted by molar-refractivity contribution is 0.0497. The molecule has 0 spiro atoms. The Morgan fingerprint density at radius 2 is 1.33 bits per heavy atom. The monoisotopic (exact) mass is 412 g/mol. The number of unbranched alkanes of at least 4 members (excludes halogenated alkanes) is 5. The molecule has 0 atom stereocenters. The standard InChI is InChI=1S/C25H32O5/c1-4-5-6-7-8-11-18-28-24(26)20-14-16-21(17-15-20)25(27)30-23-13-10-9-12-22(23)29-19(2)3/h9-10,12-17,19H,4-8,11,18H2,1-3H3. The van der Waals surface area contributed by atoms with E-state index in [9.17, 15) is 9.59 Å². The van der Waals surface area contributed by atoms with E-state index in [0.29, 0.717) is 29.2 Å². The number of carbonyl (C=O) groups is 2. The van der Waals surface area contributed by atoms with Crippen LogP contribution in [0.25, 0.3) is 0 Å². The number of carbonyl (C=O) groups excluding carboxylic acids is 2. The Balaban J connectivity index is 1.85. The smallest absolute Gasteiger partial charge is 0.343 e. The molecule has 2 aromatic rings. The molecule has 0 fully saturated rings. The highest BCUT2D eigenvalue weighted by atomic mass is 16.6. The summed E-state index contributed by atoms with van der Waals surface area (Å²) < 4.78 is 16.5. The van der Waals surface area contributed by atoms with Gasteiger partial charge in [0.2, 0.25) is 0 Å². The Morgan fingerprint density at radius 1 is 0.767 bits per heavy atom. The molecule has 0 saturated heterocycles. The average molecular weight is 413 g/mol. The minimum atomic E-state index is -0.512. The Morgan fingerprint density at radius 3 is 1.97 bits per heavy atom. The van der Waals surface area contributed by atoms with Gasteiger partial charge in [-0.2, -0.15) is 0 Å². The Kier molecular flexibility index (Phi) is 9.92. The van der Waals surface area contributed by atoms with Gasteiger partial charge < -0.3 is 14.2 Å². The van der Waals surface area contributed by atoms with Gasteiger partial charge in [-0.15, -0.1) is 0 Å². The molecule has 0 N–H and O–H groups in total. The number of hydrogen-bond acceptors (Lipinski definition) is 5. The van der Waals surface area contributed by atoms with Gasteiger partial charge in [0.05, 0.1) is 23.8 Å². The van der Waals surface area contributed by atoms with Gasteiger partial charge in [0, 0.05) is 0 Å². The first-order valence-corrected chi connectivity index (χ1v) is 10.8. The molecule has 0 aliphatic heterocycles. The summed E-state index contributed by atoms with van der Waals surface area (Å²) in [5.41, 5.74) is 0.767. The number of rotatable bonds is 12. The SMILES string of the molecule is CCCCCCCCOC(=O)c1ccc(C(=O)Oc2ccccc2OC(C)C)cc1. The highest BCUT2D eigenvalue weighted by Gasteiger charge is 2.14. The molecular formula is C25H32O5. The lowest BCUT2D eigenvalue weighted by Gasteiger charge is -2.13. The Labute approximate surface area is 179 Å². The van der Waals surface area contributed by atoms with Crippen LogP contribution in [0, 0.1) is 0 Å². The molecule has 0 bridgehead atoms. The van der Waals surface area contributed by atoms with Crippen molar-refractivity contribution in [1.82, 2.24) is 0 Å². The summed E-state index contributed by atoms with van der Waals surface area (Å²) >= 11 is 0. The van der Waals surface area contributed by atoms with Gasteiger partial charge in [-0.05, 0) is 56.7 Å². The van der Waals surface area contributed by atoms with Gasteiger partial charge in [0.15, 0.2) is 11.5 Å². The molecule has 2 rings (SSSR count). The molecular weight excluding hydrogens is 380 g/mol. The quantitative estimate of drug-likeness (QED) is 0.236. The highest BCUT2D eigenvalue weighted by molar-refractivity contribution is 5.94. The Bertz CT molecular complexity index is 795. The van der Waals surface area contributed by atoms with E-state index in [-0.39, 0.29) is 12.1 Å². The summed E-state index contributed by atoms with van der Waals surface area (Å²) in [6.45, 7) is 6.42. The minimum Gasteiger partial charge on any atom is -0.487 e. The van der Waals surface area contributed by atoms with Crippen LogP contribution < -0.4 is 9.47 Å². The molecule has 0 radical (unpaired) electrons. The van der Waals surface area contributed by atoms with Crippen molar-refractivity contribution < 1.29 is 23.8 Å². The maximum atomic E-state index is 12.5. The fraction of sp³-hybridized carbons (Fsp3) is 0.440. The zero-order valence-corrected chi connectivity index (χ0v) is 18.2. The normalized spacial score (nSPS) is 10.7. The van der Waals surface area contributed by atoms with Gasteiger partial charge in [0.25, 0.3) is 0 Å². The maximum Gasteiger partial charge on any atom is 0.343 e. The molecule has 5 nitrogen and oxygen atoms in total. The zero-order chi connectivity index (χ0) is 21.8. The van der Waals surface area contributed by atoms with Crippen molar-refractivity contribution in [2.45, 2.75) is 65.4 Å². The fourth-order valence-corrected chi connectivity index (χ4v) is 2.92. The molecule has 2 aromatic carbocycles. The van der Waals surface area contributed by atoms with E-state index >= 15 is 0 Å². The number of benzene rings is 2. The van der Waals surface area contributed by atoms with Gasteiger partial charge in [-0.3, -0.25) is 0 Å². The molecule has 162 valence electrons. The Hall–Kier alpha value is -2.82. The maximum absolute atomic E-state index is 12.5. The predicted octanol–water partition coefficient (Wildman–Crippen LogP) is 6.21. The van der Waals surface area contributed by atoms with Crippen molar-refractivity contribution in [1.29, 1.82) is 0 Å². The van der Waals surface area contributed by atoms with E-state index in [4.69, 9.17) is 14.2 Å². The zero-order valence-electron chi connectivity index (χ0n) is 18.2. The number of ether oxygens (including phenoxy) is 3. The van der Waals surface area contributed by atoms with Crippen LogP contribution in [-0.4, -0.2) is 24.6 Å². The van der Waals surface area contributed by atoms with Crippen LogP contribution in [0.1, 0.15) is 80.0 Å². The third kappa shape index (κ3) is 7.90. The van der Waals surface area contributed by atoms with Gasteiger partial charge >= 0.3 is 11.9 Å². The first kappa shape index (κ1) is 23.5. The van der Waals surface area contributed by atoms with Gasteiger partial charge in [-0.1, -0.05) is 51.2 Å². The van der Waals surface area contributed by atoms with E-state index < -0.39 is 5.97 Å². The number of esters is 2. The van der Waals surface area contributed by atoms with Crippen LogP contribution in [0.4, 0.5) is 0 Å². The predicted molar refractivity (Wildman–Crippen MR) is 117 cm³/mol. The van der Waals surface area contributed by atoms with Crippen LogP contribution in [-0.2, 0) is 4.74 Å². The summed E-state index contributed by atoms with van der Waals surface area (Å²) in [5, 5.41) is 0. The summed E-state index contributed by atoms with van der Waals surface area (Å²) in [6, 6.07) is 13.3. The third-order valence-electron chi connectivity index (χ3n) is 4.50. The van der Waals surface area contributed by atoms with Crippen LogP contribution in [0.2, 0.25) is 0 Å². The topological polar surface area (TPSA) is 61.8 Å². The minimum absolute atomic E-state index is 0.0357. The highest BCUT2D eigenvalue weighted by Crippen LogP contribution is 2.28. The van der Waals surface area contributed by atoms with Crippen LogP contribution in [0.15, 0.2) is 48.5 Å². The van der Waals surface area contributed by atoms with Crippen LogP contribution in [0.3, 0.4) is 0 Å². The molecule has 0 aliphatic carbocycles. The average Bonchev–Trinajstić information content (AvgIpc) is 2.74. The lowest BCUT2D eigenvalue weighted by Crippen LogP contribution is -2.12. The van der Waals surface area contributed by atoms with E-state index in [1.165, 1.54) is 25.7 Å². The second-order valence-corrected chi connectivity index (χ2v) is 7.48. The van der Waals surface area contributed by atoms with Crippen LogP contribution in [0.5, 0.6) is 11.5 Å². The molecule has 0 aliphatic rings. The van der Waals surface area contributed by atoms with E-state index in [0.717, 1.165) is 12.8 Å². The second kappa shape index (κ2) is 12.7. The molecule has 0 aromatic heterocycles. The summed E-state index contributed by atoms with van der Waals surface area (Å²) in [5.74, 6) is -0.0182. The number of para-hydroxylation sites is 2. The third-order valence-corrected chi connectivity index (χ3v) is 4.50. The number of hydrogen-bond donors (Lipinski definition) is 0. The van der Waals surface area contributed by atoms with E-state index in [1.54, 1.807) is 42.5 Å². The molecule has 0 heterocycles. The van der Waals surface area contributed by atoms with Crippen molar-refractivity contribution in [3.05, 3.63) is 59.7 Å². The second-order valence-electron chi connectivity index (χ2n) is 7.48. The van der Waals surface area contributed by atoms with Gasteiger partial charge in [-0.25, -0.2) is 9.59 Å². The summed E-state index contributed by atoms with van der Waals surface area (Å²) in [7, 11) is 0. The first-order valence-electron chi connectivity index (χ1n) is 10.8. The fourth-order valence-electron chi connectivity index (χ4n) is 2.92. The van der Waals surface area contributed by atoms with Crippen molar-refractivity contribution in [2.24, 2.45) is 0 Å². The van der Waals surface area contributed by atoms with Crippen molar-refractivity contribution >= 4 is 11.9 Å². The first-order chi connectivity index (χ1) is 14.5. The molecule has 0 unspecified atom stereocenters. The van der Waals surface area contributed by atoms with E-state index in [2.05, 4.69) is 6.92 Å². The summed E-state index contributed by atoms with van der Waals surface area (Å²) in [4.78, 5) is 24.6. The van der Waals surface area contributed by atoms with Crippen LogP contribution >= 0.6 is 0 Å². The van der Waals surface area contributed by atoms with Gasteiger partial charge in [0.1, 0.15) is 0 Å².